The fraction of sp³-hybridized carbons (Fsp3) is 0.389. The molecule has 3 rings (SSSR count). The van der Waals surface area contributed by atoms with Crippen LogP contribution in [-0.2, 0) is 16.1 Å². The summed E-state index contributed by atoms with van der Waals surface area (Å²) in [6.07, 6.45) is 2.12. The molecular formula is C18H21N3O3S. The topological polar surface area (TPSA) is 73.7 Å². The number of carbonyl (C=O) groups excluding carboxylic acids is 2. The van der Waals surface area contributed by atoms with Gasteiger partial charge >= 0.3 is 0 Å². The fourth-order valence-electron chi connectivity index (χ4n) is 3.04. The summed E-state index contributed by atoms with van der Waals surface area (Å²) >= 11 is 1.47. The van der Waals surface area contributed by atoms with Crippen molar-refractivity contribution in [2.45, 2.75) is 18.9 Å². The normalized spacial score (nSPS) is 17.1. The quantitative estimate of drug-likeness (QED) is 0.813. The van der Waals surface area contributed by atoms with Crippen molar-refractivity contribution in [3.8, 4) is 0 Å². The summed E-state index contributed by atoms with van der Waals surface area (Å²) in [7, 11) is 0. The number of hydrogen-bond acceptors (Lipinski definition) is 5. The highest BCUT2D eigenvalue weighted by Gasteiger charge is 2.32. The average molecular weight is 359 g/mol. The maximum atomic E-state index is 12.6. The number of amides is 2. The summed E-state index contributed by atoms with van der Waals surface area (Å²) in [6, 6.07) is 9.91. The van der Waals surface area contributed by atoms with E-state index in [9.17, 15) is 14.7 Å². The van der Waals surface area contributed by atoms with E-state index >= 15 is 0 Å². The SMILES string of the molecule is O=C(CN1CC(c2ccccc2)CC1=O)N(CCO)Cc1nccs1. The van der Waals surface area contributed by atoms with Crippen LogP contribution in [-0.4, -0.2) is 57.9 Å². The van der Waals surface area contributed by atoms with Crippen molar-refractivity contribution >= 4 is 23.2 Å². The molecule has 0 spiro atoms. The molecule has 6 nitrogen and oxygen atoms in total. The molecule has 1 N–H and O–H groups in total. The van der Waals surface area contributed by atoms with Gasteiger partial charge in [-0.2, -0.15) is 0 Å². The second kappa shape index (κ2) is 8.22. The Kier molecular flexibility index (Phi) is 5.78. The number of aliphatic hydroxyl groups is 1. The Bertz CT molecular complexity index is 706. The van der Waals surface area contributed by atoms with E-state index in [4.69, 9.17) is 0 Å². The third-order valence-electron chi connectivity index (χ3n) is 4.34. The van der Waals surface area contributed by atoms with Gasteiger partial charge in [0.15, 0.2) is 0 Å². The first-order valence-electron chi connectivity index (χ1n) is 8.27. The molecule has 1 unspecified atom stereocenters. The highest BCUT2D eigenvalue weighted by Crippen LogP contribution is 2.27. The van der Waals surface area contributed by atoms with E-state index in [1.54, 1.807) is 16.0 Å². The number of aliphatic hydroxyl groups excluding tert-OH is 1. The zero-order chi connectivity index (χ0) is 17.6. The highest BCUT2D eigenvalue weighted by molar-refractivity contribution is 7.09. The summed E-state index contributed by atoms with van der Waals surface area (Å²) in [4.78, 5) is 32.2. The second-order valence-corrected chi connectivity index (χ2v) is 7.03. The molecule has 0 bridgehead atoms. The molecule has 1 aliphatic heterocycles. The number of thiazole rings is 1. The number of hydrogen-bond donors (Lipinski definition) is 1. The molecule has 1 aromatic heterocycles. The van der Waals surface area contributed by atoms with E-state index in [1.165, 1.54) is 11.3 Å². The van der Waals surface area contributed by atoms with Gasteiger partial charge in [0.1, 0.15) is 5.01 Å². The van der Waals surface area contributed by atoms with E-state index in [0.717, 1.165) is 10.6 Å². The molecule has 0 saturated carbocycles. The maximum absolute atomic E-state index is 12.6. The second-order valence-electron chi connectivity index (χ2n) is 6.05. The van der Waals surface area contributed by atoms with Crippen molar-refractivity contribution in [3.63, 3.8) is 0 Å². The Balaban J connectivity index is 1.61. The van der Waals surface area contributed by atoms with Crippen LogP contribution in [0.25, 0.3) is 0 Å². The molecule has 0 aliphatic carbocycles. The van der Waals surface area contributed by atoms with E-state index in [0.29, 0.717) is 19.5 Å². The Morgan fingerprint density at radius 3 is 2.84 bits per heavy atom. The van der Waals surface area contributed by atoms with Crippen LogP contribution in [0.3, 0.4) is 0 Å². The number of carbonyl (C=O) groups is 2. The first-order valence-corrected chi connectivity index (χ1v) is 9.15. The number of likely N-dealkylation sites (tertiary alicyclic amines) is 1. The molecule has 0 radical (unpaired) electrons. The van der Waals surface area contributed by atoms with E-state index < -0.39 is 0 Å². The lowest BCUT2D eigenvalue weighted by Gasteiger charge is -2.24. The fourth-order valence-corrected chi connectivity index (χ4v) is 3.67. The largest absolute Gasteiger partial charge is 0.395 e. The summed E-state index contributed by atoms with van der Waals surface area (Å²) in [5, 5.41) is 11.9. The Morgan fingerprint density at radius 2 is 2.16 bits per heavy atom. The molecule has 25 heavy (non-hydrogen) atoms. The Hall–Kier alpha value is -2.25. The molecule has 1 fully saturated rings. The van der Waals surface area contributed by atoms with Crippen LogP contribution in [0, 0.1) is 0 Å². The van der Waals surface area contributed by atoms with Crippen LogP contribution in [0.1, 0.15) is 22.9 Å². The first kappa shape index (κ1) is 17.6. The molecule has 2 aromatic rings. The minimum Gasteiger partial charge on any atom is -0.395 e. The van der Waals surface area contributed by atoms with Crippen molar-refractivity contribution in [1.82, 2.24) is 14.8 Å². The van der Waals surface area contributed by atoms with Crippen LogP contribution >= 0.6 is 11.3 Å². The van der Waals surface area contributed by atoms with Crippen LogP contribution in [0.5, 0.6) is 0 Å². The molecule has 1 aromatic carbocycles. The lowest BCUT2D eigenvalue weighted by atomic mass is 9.99. The highest BCUT2D eigenvalue weighted by atomic mass is 32.1. The number of rotatable bonds is 7. The lowest BCUT2D eigenvalue weighted by molar-refractivity contribution is -0.139. The molecule has 1 atom stereocenters. The van der Waals surface area contributed by atoms with Gasteiger partial charge in [0.05, 0.1) is 19.7 Å². The average Bonchev–Trinajstić information content (AvgIpc) is 3.25. The Morgan fingerprint density at radius 1 is 1.36 bits per heavy atom. The van der Waals surface area contributed by atoms with Gasteiger partial charge in [-0.25, -0.2) is 4.98 Å². The van der Waals surface area contributed by atoms with Gasteiger partial charge in [0.25, 0.3) is 0 Å². The molecule has 7 heteroatoms. The third-order valence-corrected chi connectivity index (χ3v) is 5.11. The minimum absolute atomic E-state index is 0.000371. The van der Waals surface area contributed by atoms with Crippen molar-refractivity contribution < 1.29 is 14.7 Å². The van der Waals surface area contributed by atoms with Gasteiger partial charge in [-0.3, -0.25) is 9.59 Å². The summed E-state index contributed by atoms with van der Waals surface area (Å²) in [5.74, 6) is -0.0292. The summed E-state index contributed by atoms with van der Waals surface area (Å²) in [6.45, 7) is 1.09. The van der Waals surface area contributed by atoms with Crippen molar-refractivity contribution in [2.24, 2.45) is 0 Å². The third kappa shape index (κ3) is 4.43. The van der Waals surface area contributed by atoms with Crippen LogP contribution in [0.2, 0.25) is 0 Å². The van der Waals surface area contributed by atoms with Gasteiger partial charge in [0.2, 0.25) is 11.8 Å². The van der Waals surface area contributed by atoms with E-state index in [2.05, 4.69) is 4.98 Å². The predicted octanol–water partition coefficient (Wildman–Crippen LogP) is 1.48. The summed E-state index contributed by atoms with van der Waals surface area (Å²) in [5.41, 5.74) is 1.13. The standard InChI is InChI=1S/C18H21N3O3S/c22-8-7-20(12-16-19-6-9-25-16)18(24)13-21-11-15(10-17(21)23)14-4-2-1-3-5-14/h1-6,9,15,22H,7-8,10-13H2. The van der Waals surface area contributed by atoms with Crippen LogP contribution in [0.4, 0.5) is 0 Å². The molecule has 2 heterocycles. The molecule has 1 saturated heterocycles. The molecule has 132 valence electrons. The minimum atomic E-state index is -0.161. The summed E-state index contributed by atoms with van der Waals surface area (Å²) < 4.78 is 0. The van der Waals surface area contributed by atoms with E-state index in [1.807, 2.05) is 35.7 Å². The van der Waals surface area contributed by atoms with Gasteiger partial charge in [-0.15, -0.1) is 11.3 Å². The number of aromatic nitrogens is 1. The maximum Gasteiger partial charge on any atom is 0.242 e. The predicted molar refractivity (Wildman–Crippen MR) is 95.0 cm³/mol. The van der Waals surface area contributed by atoms with Gasteiger partial charge < -0.3 is 14.9 Å². The van der Waals surface area contributed by atoms with Gasteiger partial charge in [0, 0.05) is 37.0 Å². The smallest absolute Gasteiger partial charge is 0.242 e. The zero-order valence-corrected chi connectivity index (χ0v) is 14.7. The van der Waals surface area contributed by atoms with Crippen LogP contribution < -0.4 is 0 Å². The van der Waals surface area contributed by atoms with Gasteiger partial charge in [-0.1, -0.05) is 30.3 Å². The Labute approximate surface area is 150 Å². The van der Waals surface area contributed by atoms with Crippen LogP contribution in [0.15, 0.2) is 41.9 Å². The zero-order valence-electron chi connectivity index (χ0n) is 13.9. The lowest BCUT2D eigenvalue weighted by Crippen LogP contribution is -2.41. The number of benzene rings is 1. The van der Waals surface area contributed by atoms with Crippen molar-refractivity contribution in [1.29, 1.82) is 0 Å². The van der Waals surface area contributed by atoms with Gasteiger partial charge in [-0.05, 0) is 5.56 Å². The van der Waals surface area contributed by atoms with Crippen molar-refractivity contribution in [2.75, 3.05) is 26.2 Å². The molecule has 2 amide bonds. The number of nitrogens with zero attached hydrogens (tertiary/aromatic N) is 3. The first-order chi connectivity index (χ1) is 12.2. The van der Waals surface area contributed by atoms with Crippen molar-refractivity contribution in [3.05, 3.63) is 52.5 Å². The molecule has 1 aliphatic rings. The monoisotopic (exact) mass is 359 g/mol. The van der Waals surface area contributed by atoms with E-state index in [-0.39, 0.29) is 37.4 Å². The molecular weight excluding hydrogens is 338 g/mol.